The molecule has 0 spiro atoms. The quantitative estimate of drug-likeness (QED) is 0.341. The van der Waals surface area contributed by atoms with E-state index in [9.17, 15) is 13.6 Å². The Hall–Kier alpha value is -2.31. The van der Waals surface area contributed by atoms with Crippen LogP contribution in [0.4, 0.5) is 8.78 Å². The van der Waals surface area contributed by atoms with Crippen molar-refractivity contribution in [2.24, 2.45) is 0 Å². The van der Waals surface area contributed by atoms with E-state index in [1.807, 2.05) is 54.6 Å². The molecule has 0 radical (unpaired) electrons. The SMILES string of the molecule is Cl.Cl.O=C(CCCN1CCN(C(c2ccc(F)cc2)c2ccc(F)cc2)CC1)c1ccccc1. The predicted molar refractivity (Wildman–Crippen MR) is 137 cm³/mol. The highest BCUT2D eigenvalue weighted by Crippen LogP contribution is 2.30. The first-order valence-corrected chi connectivity index (χ1v) is 11.2. The molecular weight excluding hydrogens is 477 g/mol. The summed E-state index contributed by atoms with van der Waals surface area (Å²) < 4.78 is 27.0. The van der Waals surface area contributed by atoms with Gasteiger partial charge in [0.15, 0.2) is 5.78 Å². The van der Waals surface area contributed by atoms with Gasteiger partial charge in [-0.15, -0.1) is 24.8 Å². The summed E-state index contributed by atoms with van der Waals surface area (Å²) in [7, 11) is 0. The number of rotatable bonds is 8. The lowest BCUT2D eigenvalue weighted by molar-refractivity contribution is 0.0942. The number of nitrogens with zero attached hydrogens (tertiary/aromatic N) is 2. The molecule has 1 fully saturated rings. The fourth-order valence-electron chi connectivity index (χ4n) is 4.38. The second-order valence-corrected chi connectivity index (χ2v) is 8.28. The number of ketones is 1. The summed E-state index contributed by atoms with van der Waals surface area (Å²) in [6.07, 6.45) is 1.39. The van der Waals surface area contributed by atoms with Crippen LogP contribution in [-0.2, 0) is 0 Å². The number of halogens is 4. The number of hydrogen-bond donors (Lipinski definition) is 0. The minimum atomic E-state index is -0.263. The molecule has 3 aromatic rings. The Morgan fingerprint density at radius 1 is 0.735 bits per heavy atom. The first-order valence-electron chi connectivity index (χ1n) is 11.2. The smallest absolute Gasteiger partial charge is 0.162 e. The molecule has 3 aromatic carbocycles. The van der Waals surface area contributed by atoms with Crippen LogP contribution in [0.5, 0.6) is 0 Å². The molecule has 1 saturated heterocycles. The van der Waals surface area contributed by atoms with Crippen molar-refractivity contribution < 1.29 is 13.6 Å². The van der Waals surface area contributed by atoms with Crippen LogP contribution in [0.25, 0.3) is 0 Å². The van der Waals surface area contributed by atoms with Crippen LogP contribution in [0.2, 0.25) is 0 Å². The van der Waals surface area contributed by atoms with E-state index >= 15 is 0 Å². The van der Waals surface area contributed by atoms with Crippen LogP contribution in [0.1, 0.15) is 40.4 Å². The average molecular weight is 507 g/mol. The summed E-state index contributed by atoms with van der Waals surface area (Å²) in [6, 6.07) is 22.6. The van der Waals surface area contributed by atoms with Gasteiger partial charge in [0, 0.05) is 38.2 Å². The maximum atomic E-state index is 13.5. The molecule has 0 atom stereocenters. The van der Waals surface area contributed by atoms with Crippen LogP contribution in [0.3, 0.4) is 0 Å². The minimum absolute atomic E-state index is 0. The van der Waals surface area contributed by atoms with Crippen molar-refractivity contribution in [2.45, 2.75) is 18.9 Å². The average Bonchev–Trinajstić information content (AvgIpc) is 2.83. The molecule has 0 unspecified atom stereocenters. The van der Waals surface area contributed by atoms with Gasteiger partial charge in [-0.3, -0.25) is 9.69 Å². The summed E-state index contributed by atoms with van der Waals surface area (Å²) in [4.78, 5) is 17.1. The Kier molecular flexibility index (Phi) is 11.1. The van der Waals surface area contributed by atoms with Crippen molar-refractivity contribution in [3.63, 3.8) is 0 Å². The van der Waals surface area contributed by atoms with Crippen LogP contribution in [0.15, 0.2) is 78.9 Å². The predicted octanol–water partition coefficient (Wildman–Crippen LogP) is 6.18. The molecule has 34 heavy (non-hydrogen) atoms. The van der Waals surface area contributed by atoms with E-state index in [2.05, 4.69) is 9.80 Å². The topological polar surface area (TPSA) is 23.6 Å². The zero-order chi connectivity index (χ0) is 22.3. The normalized spacial score (nSPS) is 14.3. The third-order valence-electron chi connectivity index (χ3n) is 6.12. The van der Waals surface area contributed by atoms with Gasteiger partial charge >= 0.3 is 0 Å². The minimum Gasteiger partial charge on any atom is -0.301 e. The maximum Gasteiger partial charge on any atom is 0.162 e. The van der Waals surface area contributed by atoms with Gasteiger partial charge in [0.05, 0.1) is 6.04 Å². The van der Waals surface area contributed by atoms with Crippen molar-refractivity contribution in [2.75, 3.05) is 32.7 Å². The van der Waals surface area contributed by atoms with Crippen LogP contribution in [-0.4, -0.2) is 48.3 Å². The lowest BCUT2D eigenvalue weighted by Crippen LogP contribution is -2.48. The Labute approximate surface area is 212 Å². The molecule has 4 rings (SSSR count). The largest absolute Gasteiger partial charge is 0.301 e. The standard InChI is InChI=1S/C27H28F2N2O.2ClH/c28-24-12-8-22(9-13-24)27(23-10-14-25(29)15-11-23)31-19-17-30(18-20-31)16-4-7-26(32)21-5-2-1-3-6-21;;/h1-3,5-6,8-15,27H,4,7,16-20H2;2*1H. The number of carbonyl (C=O) groups excluding carboxylic acids is 1. The molecule has 3 nitrogen and oxygen atoms in total. The second kappa shape index (κ2) is 13.5. The van der Waals surface area contributed by atoms with Gasteiger partial charge in [-0.2, -0.15) is 0 Å². The highest BCUT2D eigenvalue weighted by atomic mass is 35.5. The van der Waals surface area contributed by atoms with Gasteiger partial charge in [0.1, 0.15) is 11.6 Å². The van der Waals surface area contributed by atoms with Crippen LogP contribution < -0.4 is 0 Å². The summed E-state index contributed by atoms with van der Waals surface area (Å²) in [5.74, 6) is -0.333. The molecule has 0 amide bonds. The molecule has 0 aromatic heterocycles. The molecular formula is C27H30Cl2F2N2O. The number of benzene rings is 3. The van der Waals surface area contributed by atoms with Crippen molar-refractivity contribution in [1.82, 2.24) is 9.80 Å². The molecule has 1 aliphatic rings. The summed E-state index contributed by atoms with van der Waals surface area (Å²) in [5, 5.41) is 0. The summed E-state index contributed by atoms with van der Waals surface area (Å²) >= 11 is 0. The first-order chi connectivity index (χ1) is 15.6. The van der Waals surface area contributed by atoms with Gasteiger partial charge in [-0.1, -0.05) is 54.6 Å². The lowest BCUT2D eigenvalue weighted by atomic mass is 9.96. The van der Waals surface area contributed by atoms with Crippen molar-refractivity contribution in [3.05, 3.63) is 107 Å². The lowest BCUT2D eigenvalue weighted by Gasteiger charge is -2.39. The Balaban J connectivity index is 0.00000204. The van der Waals surface area contributed by atoms with E-state index in [-0.39, 0.29) is 48.3 Å². The van der Waals surface area contributed by atoms with E-state index in [1.54, 1.807) is 0 Å². The molecule has 0 saturated carbocycles. The summed E-state index contributed by atoms with van der Waals surface area (Å²) in [6.45, 7) is 4.40. The zero-order valence-corrected chi connectivity index (χ0v) is 20.5. The van der Waals surface area contributed by atoms with E-state index in [4.69, 9.17) is 0 Å². The number of carbonyl (C=O) groups is 1. The monoisotopic (exact) mass is 506 g/mol. The van der Waals surface area contributed by atoms with Gasteiger partial charge in [-0.05, 0) is 48.4 Å². The molecule has 1 aliphatic heterocycles. The first kappa shape index (κ1) is 27.9. The fourth-order valence-corrected chi connectivity index (χ4v) is 4.38. The molecule has 7 heteroatoms. The molecule has 0 aliphatic carbocycles. The highest BCUT2D eigenvalue weighted by Gasteiger charge is 2.26. The third-order valence-corrected chi connectivity index (χ3v) is 6.12. The zero-order valence-electron chi connectivity index (χ0n) is 18.9. The molecule has 1 heterocycles. The van der Waals surface area contributed by atoms with E-state index in [0.29, 0.717) is 6.42 Å². The molecule has 0 bridgehead atoms. The van der Waals surface area contributed by atoms with Crippen molar-refractivity contribution >= 4 is 30.6 Å². The third kappa shape index (κ3) is 7.34. The Morgan fingerprint density at radius 2 is 1.24 bits per heavy atom. The number of piperazine rings is 1. The van der Waals surface area contributed by atoms with Gasteiger partial charge in [0.25, 0.3) is 0 Å². The Bertz CT molecular complexity index is 964. The number of Topliss-reactive ketones (excluding diaryl/α,β-unsaturated/α-hetero) is 1. The number of hydrogen-bond acceptors (Lipinski definition) is 3. The summed E-state index contributed by atoms with van der Waals surface area (Å²) in [5.41, 5.74) is 2.78. The van der Waals surface area contributed by atoms with Crippen LogP contribution >= 0.6 is 24.8 Å². The Morgan fingerprint density at radius 3 is 1.74 bits per heavy atom. The maximum absolute atomic E-state index is 13.5. The van der Waals surface area contributed by atoms with E-state index in [0.717, 1.165) is 55.8 Å². The van der Waals surface area contributed by atoms with E-state index < -0.39 is 0 Å². The van der Waals surface area contributed by atoms with Gasteiger partial charge in [0.2, 0.25) is 0 Å². The fraction of sp³-hybridized carbons (Fsp3) is 0.296. The van der Waals surface area contributed by atoms with E-state index in [1.165, 1.54) is 24.3 Å². The molecule has 0 N–H and O–H groups in total. The van der Waals surface area contributed by atoms with Crippen molar-refractivity contribution in [1.29, 1.82) is 0 Å². The molecule has 182 valence electrons. The van der Waals surface area contributed by atoms with Crippen LogP contribution in [0, 0.1) is 11.6 Å². The highest BCUT2D eigenvalue weighted by molar-refractivity contribution is 5.95. The second-order valence-electron chi connectivity index (χ2n) is 8.28. The van der Waals surface area contributed by atoms with Crippen molar-refractivity contribution in [3.8, 4) is 0 Å². The van der Waals surface area contributed by atoms with Gasteiger partial charge in [-0.25, -0.2) is 8.78 Å². The van der Waals surface area contributed by atoms with Gasteiger partial charge < -0.3 is 4.90 Å².